The summed E-state index contributed by atoms with van der Waals surface area (Å²) in [6.07, 6.45) is 3.68. The SMILES string of the molecule is N#CC1=CN(Cc2ccccc2)C=C(C#N)C1c1ccccc1. The highest BCUT2D eigenvalue weighted by atomic mass is 15.1. The molecule has 3 rings (SSSR count). The van der Waals surface area contributed by atoms with Gasteiger partial charge in [0.1, 0.15) is 0 Å². The Bertz CT molecular complexity index is 789. The minimum Gasteiger partial charge on any atom is -0.348 e. The van der Waals surface area contributed by atoms with Crippen LogP contribution in [0.3, 0.4) is 0 Å². The zero-order chi connectivity index (χ0) is 16.1. The Hall–Kier alpha value is -3.30. The molecule has 0 atom stereocenters. The summed E-state index contributed by atoms with van der Waals surface area (Å²) in [5.74, 6) is -0.279. The van der Waals surface area contributed by atoms with Gasteiger partial charge in [-0.3, -0.25) is 0 Å². The summed E-state index contributed by atoms with van der Waals surface area (Å²) in [6.45, 7) is 0.638. The normalized spacial score (nSPS) is 14.4. The Kier molecular flexibility index (Phi) is 4.22. The molecule has 0 aromatic heterocycles. The zero-order valence-corrected chi connectivity index (χ0v) is 12.6. The molecule has 1 heterocycles. The van der Waals surface area contributed by atoms with Crippen LogP contribution in [0.2, 0.25) is 0 Å². The van der Waals surface area contributed by atoms with Crippen LogP contribution >= 0.6 is 0 Å². The number of hydrogen-bond donors (Lipinski definition) is 0. The van der Waals surface area contributed by atoms with Crippen LogP contribution in [0.1, 0.15) is 17.0 Å². The molecule has 2 aromatic carbocycles. The summed E-state index contributed by atoms with van der Waals surface area (Å²) in [4.78, 5) is 1.91. The van der Waals surface area contributed by atoms with Crippen LogP contribution in [0.5, 0.6) is 0 Å². The molecule has 3 nitrogen and oxygen atoms in total. The van der Waals surface area contributed by atoms with Gasteiger partial charge < -0.3 is 4.90 Å². The van der Waals surface area contributed by atoms with Crippen LogP contribution in [-0.2, 0) is 6.54 Å². The molecule has 0 amide bonds. The van der Waals surface area contributed by atoms with Crippen LogP contribution in [0.15, 0.2) is 84.2 Å². The number of nitriles is 2. The summed E-state index contributed by atoms with van der Waals surface area (Å²) >= 11 is 0. The summed E-state index contributed by atoms with van der Waals surface area (Å²) in [7, 11) is 0. The van der Waals surface area contributed by atoms with E-state index >= 15 is 0 Å². The van der Waals surface area contributed by atoms with Crippen LogP contribution < -0.4 is 0 Å². The lowest BCUT2D eigenvalue weighted by atomic mass is 9.84. The minimum atomic E-state index is -0.279. The number of nitrogens with zero attached hydrogens (tertiary/aromatic N) is 3. The number of benzene rings is 2. The van der Waals surface area contributed by atoms with Crippen LogP contribution in [0.4, 0.5) is 0 Å². The quantitative estimate of drug-likeness (QED) is 0.857. The van der Waals surface area contributed by atoms with Crippen LogP contribution in [-0.4, -0.2) is 4.90 Å². The third kappa shape index (κ3) is 3.15. The second kappa shape index (κ2) is 6.64. The van der Waals surface area contributed by atoms with Crippen LogP contribution in [0, 0.1) is 22.7 Å². The van der Waals surface area contributed by atoms with Crippen LogP contribution in [0.25, 0.3) is 0 Å². The van der Waals surface area contributed by atoms with Crippen molar-refractivity contribution >= 4 is 0 Å². The fourth-order valence-electron chi connectivity index (χ4n) is 2.79. The van der Waals surface area contributed by atoms with Crippen molar-refractivity contribution in [2.45, 2.75) is 12.5 Å². The molecule has 0 spiro atoms. The Labute approximate surface area is 136 Å². The number of hydrogen-bond acceptors (Lipinski definition) is 3. The standard InChI is InChI=1S/C20H15N3/c21-11-18-14-23(13-16-7-3-1-4-8-16)15-19(12-22)20(18)17-9-5-2-6-10-17/h1-10,14-15,20H,13H2. The summed E-state index contributed by atoms with van der Waals surface area (Å²) in [5.41, 5.74) is 3.28. The Balaban J connectivity index is 1.94. The maximum Gasteiger partial charge on any atom is 0.0972 e. The van der Waals surface area contributed by atoms with Gasteiger partial charge in [0.2, 0.25) is 0 Å². The van der Waals surface area contributed by atoms with E-state index in [1.54, 1.807) is 0 Å². The zero-order valence-electron chi connectivity index (χ0n) is 12.6. The molecule has 110 valence electrons. The fourth-order valence-corrected chi connectivity index (χ4v) is 2.79. The Morgan fingerprint density at radius 2 is 1.30 bits per heavy atom. The predicted molar refractivity (Wildman–Crippen MR) is 88.6 cm³/mol. The van der Waals surface area contributed by atoms with E-state index in [0.717, 1.165) is 11.1 Å². The van der Waals surface area contributed by atoms with Gasteiger partial charge in [0.25, 0.3) is 0 Å². The minimum absolute atomic E-state index is 0.279. The van der Waals surface area contributed by atoms with Crippen molar-refractivity contribution in [1.82, 2.24) is 4.90 Å². The largest absolute Gasteiger partial charge is 0.348 e. The van der Waals surface area contributed by atoms with Gasteiger partial charge in [-0.25, -0.2) is 0 Å². The van der Waals surface area contributed by atoms with E-state index in [1.807, 2.05) is 78.0 Å². The second-order valence-corrected chi connectivity index (χ2v) is 5.39. The van der Waals surface area contributed by atoms with Crippen molar-refractivity contribution in [3.8, 4) is 12.1 Å². The first kappa shape index (κ1) is 14.6. The number of allylic oxidation sites excluding steroid dienone is 2. The maximum atomic E-state index is 9.54. The number of rotatable bonds is 3. The smallest absolute Gasteiger partial charge is 0.0972 e. The molecule has 1 aliphatic rings. The Morgan fingerprint density at radius 3 is 1.83 bits per heavy atom. The van der Waals surface area contributed by atoms with Crippen molar-refractivity contribution in [1.29, 1.82) is 10.5 Å². The first-order valence-corrected chi connectivity index (χ1v) is 7.40. The highest BCUT2D eigenvalue weighted by Gasteiger charge is 2.26. The van der Waals surface area contributed by atoms with Crippen molar-refractivity contribution in [3.05, 3.63) is 95.3 Å². The molecule has 0 bridgehead atoms. The molecular weight excluding hydrogens is 282 g/mol. The molecule has 0 fully saturated rings. The molecule has 2 aromatic rings. The van der Waals surface area contributed by atoms with Gasteiger partial charge in [0.05, 0.1) is 29.2 Å². The van der Waals surface area contributed by atoms with Crippen molar-refractivity contribution in [2.75, 3.05) is 0 Å². The van der Waals surface area contributed by atoms with E-state index in [9.17, 15) is 10.5 Å². The molecule has 1 aliphatic heterocycles. The van der Waals surface area contributed by atoms with Gasteiger partial charge >= 0.3 is 0 Å². The van der Waals surface area contributed by atoms with Gasteiger partial charge in [0, 0.05) is 18.9 Å². The monoisotopic (exact) mass is 297 g/mol. The van der Waals surface area contributed by atoms with E-state index in [4.69, 9.17) is 0 Å². The second-order valence-electron chi connectivity index (χ2n) is 5.39. The average molecular weight is 297 g/mol. The van der Waals surface area contributed by atoms with E-state index in [2.05, 4.69) is 12.1 Å². The van der Waals surface area contributed by atoms with Crippen molar-refractivity contribution < 1.29 is 0 Å². The lowest BCUT2D eigenvalue weighted by molar-refractivity contribution is 0.481. The average Bonchev–Trinajstić information content (AvgIpc) is 2.62. The van der Waals surface area contributed by atoms with Gasteiger partial charge in [-0.1, -0.05) is 60.7 Å². The van der Waals surface area contributed by atoms with Crippen molar-refractivity contribution in [2.24, 2.45) is 0 Å². The fraction of sp³-hybridized carbons (Fsp3) is 0.100. The molecule has 0 saturated heterocycles. The van der Waals surface area contributed by atoms with Gasteiger partial charge in [-0.15, -0.1) is 0 Å². The summed E-state index contributed by atoms with van der Waals surface area (Å²) < 4.78 is 0. The highest BCUT2D eigenvalue weighted by molar-refractivity contribution is 5.51. The van der Waals surface area contributed by atoms with E-state index in [0.29, 0.717) is 17.7 Å². The highest BCUT2D eigenvalue weighted by Crippen LogP contribution is 2.35. The molecule has 23 heavy (non-hydrogen) atoms. The van der Waals surface area contributed by atoms with Gasteiger partial charge in [0.15, 0.2) is 0 Å². The third-order valence-electron chi connectivity index (χ3n) is 3.83. The predicted octanol–water partition coefficient (Wildman–Crippen LogP) is 4.10. The van der Waals surface area contributed by atoms with E-state index in [1.165, 1.54) is 0 Å². The Morgan fingerprint density at radius 1 is 0.783 bits per heavy atom. The topological polar surface area (TPSA) is 50.8 Å². The molecule has 0 aliphatic carbocycles. The van der Waals surface area contributed by atoms with Crippen molar-refractivity contribution in [3.63, 3.8) is 0 Å². The molecule has 3 heteroatoms. The molecule has 0 saturated carbocycles. The van der Waals surface area contributed by atoms with E-state index < -0.39 is 0 Å². The molecular formula is C20H15N3. The molecule has 0 radical (unpaired) electrons. The van der Waals surface area contributed by atoms with E-state index in [-0.39, 0.29) is 5.92 Å². The molecule has 0 unspecified atom stereocenters. The lowest BCUT2D eigenvalue weighted by Gasteiger charge is -2.26. The maximum absolute atomic E-state index is 9.54. The summed E-state index contributed by atoms with van der Waals surface area (Å²) in [6, 6.07) is 24.2. The summed E-state index contributed by atoms with van der Waals surface area (Å²) in [5, 5.41) is 19.1. The van der Waals surface area contributed by atoms with Gasteiger partial charge in [-0.2, -0.15) is 10.5 Å². The first-order chi connectivity index (χ1) is 11.3. The lowest BCUT2D eigenvalue weighted by Crippen LogP contribution is -2.19. The third-order valence-corrected chi connectivity index (χ3v) is 3.83. The first-order valence-electron chi connectivity index (χ1n) is 7.40. The molecule has 0 N–H and O–H groups in total. The van der Waals surface area contributed by atoms with Gasteiger partial charge in [-0.05, 0) is 11.1 Å².